The summed E-state index contributed by atoms with van der Waals surface area (Å²) in [6, 6.07) is -0.525. The Balaban J connectivity index is 3.10. The molecule has 3 amide bonds. The second-order valence-corrected chi connectivity index (χ2v) is 2.76. The lowest BCUT2D eigenvalue weighted by Crippen LogP contribution is -2.50. The summed E-state index contributed by atoms with van der Waals surface area (Å²) >= 11 is 0. The summed E-state index contributed by atoms with van der Waals surface area (Å²) in [5.74, 6) is -3.22. The molecule has 1 atom stereocenters. The number of carbonyl (C=O) groups excluding carboxylic acids is 2. The van der Waals surface area contributed by atoms with Gasteiger partial charge in [0.2, 0.25) is 5.92 Å². The van der Waals surface area contributed by atoms with Gasteiger partial charge in [-0.25, -0.2) is 9.37 Å². The number of hydrogen-bond donors (Lipinski definition) is 1. The molecule has 0 aromatic rings. The Morgan fingerprint density at radius 2 is 2.15 bits per heavy atom. The molecule has 0 saturated heterocycles. The van der Waals surface area contributed by atoms with Crippen LogP contribution in [0.25, 0.3) is 0 Å². The molecular weight excluding hydrogens is 176 g/mol. The highest BCUT2D eigenvalue weighted by molar-refractivity contribution is 6.15. The van der Waals surface area contributed by atoms with Crippen molar-refractivity contribution in [1.29, 1.82) is 0 Å². The molecule has 0 radical (unpaired) electrons. The first-order valence-electron chi connectivity index (χ1n) is 3.57. The minimum atomic E-state index is -1.26. The van der Waals surface area contributed by atoms with Crippen LogP contribution in [0.4, 0.5) is 4.79 Å². The predicted octanol–water partition coefficient (Wildman–Crippen LogP) is -1.01. The molecule has 6 nitrogen and oxygen atoms in total. The van der Waals surface area contributed by atoms with E-state index in [-0.39, 0.29) is 0 Å². The van der Waals surface area contributed by atoms with E-state index in [4.69, 9.17) is 5.11 Å². The van der Waals surface area contributed by atoms with E-state index in [1.807, 2.05) is 0 Å². The van der Waals surface area contributed by atoms with Gasteiger partial charge >= 0.3 is 17.9 Å². The van der Waals surface area contributed by atoms with Gasteiger partial charge in [-0.2, -0.15) is 9.69 Å². The Bertz CT molecular complexity index is 320. The lowest BCUT2D eigenvalue weighted by molar-refractivity contribution is -0.401. The van der Waals surface area contributed by atoms with Crippen LogP contribution in [0.2, 0.25) is 0 Å². The van der Waals surface area contributed by atoms with E-state index >= 15 is 0 Å². The first-order chi connectivity index (χ1) is 5.95. The number of imide groups is 1. The van der Waals surface area contributed by atoms with Crippen LogP contribution in [0.15, 0.2) is 0 Å². The molecule has 0 spiro atoms. The molecule has 1 aliphatic heterocycles. The fourth-order valence-electron chi connectivity index (χ4n) is 1.06. The first kappa shape index (κ1) is 9.37. The quantitative estimate of drug-likeness (QED) is 0.419. The van der Waals surface area contributed by atoms with Crippen LogP contribution in [0, 0.1) is 5.92 Å². The maximum Gasteiger partial charge on any atom is 0.500 e. The molecule has 1 aliphatic rings. The van der Waals surface area contributed by atoms with Gasteiger partial charge in [0.05, 0.1) is 20.3 Å². The van der Waals surface area contributed by atoms with Gasteiger partial charge in [-0.05, 0) is 0 Å². The van der Waals surface area contributed by atoms with Crippen molar-refractivity contribution in [3.8, 4) is 0 Å². The van der Waals surface area contributed by atoms with Gasteiger partial charge in [-0.1, -0.05) is 0 Å². The van der Waals surface area contributed by atoms with Crippen molar-refractivity contribution in [2.75, 3.05) is 14.1 Å². The zero-order valence-corrected chi connectivity index (χ0v) is 7.22. The van der Waals surface area contributed by atoms with E-state index < -0.39 is 23.8 Å². The van der Waals surface area contributed by atoms with Crippen LogP contribution < -0.4 is 0 Å². The third-order valence-electron chi connectivity index (χ3n) is 1.82. The predicted molar refractivity (Wildman–Crippen MR) is 41.5 cm³/mol. The number of amides is 3. The van der Waals surface area contributed by atoms with Crippen molar-refractivity contribution < 1.29 is 24.1 Å². The molecule has 0 saturated carbocycles. The summed E-state index contributed by atoms with van der Waals surface area (Å²) in [7, 11) is 2.66. The molecule has 1 rings (SSSR count). The van der Waals surface area contributed by atoms with E-state index in [9.17, 15) is 14.4 Å². The van der Waals surface area contributed by atoms with Crippen molar-refractivity contribution in [3.63, 3.8) is 0 Å². The highest BCUT2D eigenvalue weighted by atomic mass is 16.4. The van der Waals surface area contributed by atoms with Gasteiger partial charge in [-0.15, -0.1) is 0 Å². The number of nitrogens with zero attached hydrogens (tertiary/aromatic N) is 2. The number of aliphatic carboxylic acids is 1. The number of rotatable bonds is 1. The summed E-state index contributed by atoms with van der Waals surface area (Å²) in [5, 5.41) is 8.61. The molecule has 1 heterocycles. The molecule has 1 unspecified atom stereocenters. The van der Waals surface area contributed by atoms with Gasteiger partial charge in [0, 0.05) is 0 Å². The molecule has 1 N–H and O–H groups in total. The summed E-state index contributed by atoms with van der Waals surface area (Å²) in [5.41, 5.74) is 0. The standard InChI is InChI=1S/C7H8N2O4/c1-8-3-4(6(11)12)5(10)9(2)7(8)13/h3-4H,1-2H3/p+1. The molecule has 0 bridgehead atoms. The minimum Gasteiger partial charge on any atom is -0.480 e. The zero-order valence-electron chi connectivity index (χ0n) is 7.22. The van der Waals surface area contributed by atoms with Crippen molar-refractivity contribution in [2.45, 2.75) is 0 Å². The third kappa shape index (κ3) is 1.42. The molecular formula is C7H9N2O4+. The van der Waals surface area contributed by atoms with Crippen molar-refractivity contribution >= 4 is 24.1 Å². The van der Waals surface area contributed by atoms with Crippen LogP contribution in [0.1, 0.15) is 0 Å². The van der Waals surface area contributed by atoms with E-state index in [0.29, 0.717) is 0 Å². The Kier molecular flexibility index (Phi) is 2.14. The van der Waals surface area contributed by atoms with Crippen LogP contribution in [-0.4, -0.2) is 52.8 Å². The average molecular weight is 185 g/mol. The first-order valence-corrected chi connectivity index (χ1v) is 3.57. The molecule has 6 heteroatoms. The Hall–Kier alpha value is -1.72. The van der Waals surface area contributed by atoms with Gasteiger partial charge in [0.1, 0.15) is 0 Å². The summed E-state index contributed by atoms with van der Waals surface area (Å²) in [4.78, 5) is 33.6. The average Bonchev–Trinajstić information content (AvgIpc) is 2.07. The van der Waals surface area contributed by atoms with E-state index in [1.54, 1.807) is 0 Å². The van der Waals surface area contributed by atoms with Gasteiger partial charge in [0.25, 0.3) is 0 Å². The fourth-order valence-corrected chi connectivity index (χ4v) is 1.06. The highest BCUT2D eigenvalue weighted by Crippen LogP contribution is 2.06. The number of hydrogen-bond acceptors (Lipinski definition) is 3. The summed E-state index contributed by atoms with van der Waals surface area (Å²) < 4.78 is 1.08. The molecule has 13 heavy (non-hydrogen) atoms. The smallest absolute Gasteiger partial charge is 0.480 e. The van der Waals surface area contributed by atoms with Crippen molar-refractivity contribution in [1.82, 2.24) is 4.90 Å². The molecule has 0 aromatic carbocycles. The van der Waals surface area contributed by atoms with Gasteiger partial charge in [-0.3, -0.25) is 4.79 Å². The monoisotopic (exact) mass is 185 g/mol. The maximum atomic E-state index is 11.2. The van der Waals surface area contributed by atoms with Gasteiger partial charge < -0.3 is 5.11 Å². The van der Waals surface area contributed by atoms with Gasteiger partial charge in [0.15, 0.2) is 0 Å². The Morgan fingerprint density at radius 1 is 1.62 bits per heavy atom. The van der Waals surface area contributed by atoms with E-state index in [2.05, 4.69) is 0 Å². The second kappa shape index (κ2) is 2.96. The van der Waals surface area contributed by atoms with E-state index in [0.717, 1.165) is 15.7 Å². The highest BCUT2D eigenvalue weighted by Gasteiger charge is 2.42. The Morgan fingerprint density at radius 3 is 2.62 bits per heavy atom. The lowest BCUT2D eigenvalue weighted by atomic mass is 10.1. The minimum absolute atomic E-state index is 0.525. The van der Waals surface area contributed by atoms with Crippen LogP contribution >= 0.6 is 0 Å². The van der Waals surface area contributed by atoms with Crippen LogP contribution in [0.5, 0.6) is 0 Å². The normalized spacial score (nSPS) is 23.1. The largest absolute Gasteiger partial charge is 0.500 e. The molecule has 70 valence electrons. The third-order valence-corrected chi connectivity index (χ3v) is 1.82. The maximum absolute atomic E-state index is 11.2. The van der Waals surface area contributed by atoms with Crippen molar-refractivity contribution in [3.05, 3.63) is 0 Å². The second-order valence-electron chi connectivity index (χ2n) is 2.76. The lowest BCUT2D eigenvalue weighted by Gasteiger charge is -2.15. The van der Waals surface area contributed by atoms with Crippen molar-refractivity contribution in [2.24, 2.45) is 5.92 Å². The van der Waals surface area contributed by atoms with Crippen LogP contribution in [0.3, 0.4) is 0 Å². The zero-order chi connectivity index (χ0) is 10.2. The molecule has 0 aromatic heterocycles. The SMILES string of the molecule is CN1C(=O)C(C(=O)O)C=[N+](C)C1=O. The number of urea groups is 1. The topological polar surface area (TPSA) is 77.7 Å². The number of carboxylic acid groups (broad SMARTS) is 1. The number of carboxylic acids is 1. The summed E-state index contributed by atoms with van der Waals surface area (Å²) in [6.45, 7) is 0. The van der Waals surface area contributed by atoms with E-state index in [1.165, 1.54) is 14.1 Å². The number of carbonyl (C=O) groups is 3. The Labute approximate surface area is 74.1 Å². The molecule has 0 fully saturated rings. The van der Waals surface area contributed by atoms with Crippen LogP contribution in [-0.2, 0) is 9.59 Å². The fraction of sp³-hybridized carbons (Fsp3) is 0.429. The molecule has 0 aliphatic carbocycles. The summed E-state index contributed by atoms with van der Waals surface area (Å²) in [6.07, 6.45) is 1.09.